The van der Waals surface area contributed by atoms with Gasteiger partial charge in [-0.05, 0) is 33.1 Å². The first-order valence-electron chi connectivity index (χ1n) is 11.3. The number of nitrogens with zero attached hydrogens (tertiary/aromatic N) is 1. The Labute approximate surface area is 182 Å². The Bertz CT molecular complexity index is 570. The van der Waals surface area contributed by atoms with Crippen LogP contribution >= 0.6 is 0 Å². The molecule has 0 bridgehead atoms. The van der Waals surface area contributed by atoms with Gasteiger partial charge in [-0.2, -0.15) is 0 Å². The molecule has 7 heteroatoms. The molecule has 0 saturated carbocycles. The van der Waals surface area contributed by atoms with Crippen LogP contribution in [0.2, 0.25) is 0 Å². The van der Waals surface area contributed by atoms with Crippen LogP contribution in [0.5, 0.6) is 0 Å². The number of esters is 1. The summed E-state index contributed by atoms with van der Waals surface area (Å²) in [4.78, 5) is 28.8. The summed E-state index contributed by atoms with van der Waals surface area (Å²) in [5, 5.41) is 1.83. The minimum atomic E-state index is -0.814. The highest BCUT2D eigenvalue weighted by Gasteiger charge is 2.52. The molecule has 0 amide bonds. The normalized spacial score (nSPS) is 27.6. The molecule has 7 nitrogen and oxygen atoms in total. The molecule has 1 aliphatic rings. The first-order chi connectivity index (χ1) is 13.9. The van der Waals surface area contributed by atoms with E-state index in [-0.39, 0.29) is 35.9 Å². The maximum Gasteiger partial charge on any atom is 0.322 e. The van der Waals surface area contributed by atoms with Crippen LogP contribution in [-0.4, -0.2) is 54.2 Å². The average Bonchev–Trinajstić information content (AvgIpc) is 2.70. The molecule has 2 atom stereocenters. The van der Waals surface area contributed by atoms with E-state index in [2.05, 4.69) is 48.5 Å². The van der Waals surface area contributed by atoms with Gasteiger partial charge in [-0.15, -0.1) is 5.06 Å². The highest BCUT2D eigenvalue weighted by Crippen LogP contribution is 2.44. The predicted octanol–water partition coefficient (Wildman–Crippen LogP) is 4.48. The monoisotopic (exact) mass is 429 g/mol. The van der Waals surface area contributed by atoms with Crippen LogP contribution in [0.25, 0.3) is 0 Å². The summed E-state index contributed by atoms with van der Waals surface area (Å²) in [6.45, 7) is 18.6. The molecule has 0 radical (unpaired) electrons. The molecule has 1 fully saturated rings. The van der Waals surface area contributed by atoms with E-state index in [1.165, 1.54) is 13.8 Å². The molecule has 0 aromatic carbocycles. The van der Waals surface area contributed by atoms with E-state index in [0.717, 1.165) is 19.3 Å². The van der Waals surface area contributed by atoms with Crippen LogP contribution in [0.3, 0.4) is 0 Å². The second kappa shape index (κ2) is 10.9. The number of rotatable bonds is 11. The lowest BCUT2D eigenvalue weighted by molar-refractivity contribution is -0.347. The lowest BCUT2D eigenvalue weighted by Crippen LogP contribution is -2.61. The van der Waals surface area contributed by atoms with E-state index in [4.69, 9.17) is 19.0 Å². The summed E-state index contributed by atoms with van der Waals surface area (Å²) < 4.78 is 18.2. The van der Waals surface area contributed by atoms with Crippen LogP contribution < -0.4 is 0 Å². The molecule has 0 aromatic heterocycles. The Morgan fingerprint density at radius 1 is 1.07 bits per heavy atom. The maximum absolute atomic E-state index is 11.8. The van der Waals surface area contributed by atoms with Gasteiger partial charge in [0.1, 0.15) is 6.61 Å². The topological polar surface area (TPSA) is 74.3 Å². The summed E-state index contributed by atoms with van der Waals surface area (Å²) in [5.41, 5.74) is -0.813. The minimum absolute atomic E-state index is 0.0605. The largest absolute Gasteiger partial charge is 0.465 e. The fraction of sp³-hybridized carbons (Fsp3) is 0.913. The van der Waals surface area contributed by atoms with Gasteiger partial charge in [-0.25, -0.2) is 0 Å². The first-order valence-corrected chi connectivity index (χ1v) is 11.3. The van der Waals surface area contributed by atoms with Crippen LogP contribution in [0, 0.1) is 11.3 Å². The van der Waals surface area contributed by atoms with Crippen molar-refractivity contribution in [1.82, 2.24) is 5.06 Å². The molecular weight excluding hydrogens is 386 g/mol. The van der Waals surface area contributed by atoms with E-state index in [9.17, 15) is 9.59 Å². The Morgan fingerprint density at radius 3 is 2.00 bits per heavy atom. The molecular formula is C23H43NO6. The number of hydrogen-bond acceptors (Lipinski definition) is 7. The minimum Gasteiger partial charge on any atom is -0.465 e. The second-order valence-corrected chi connectivity index (χ2v) is 9.37. The Balaban J connectivity index is 3.14. The average molecular weight is 430 g/mol. The molecule has 2 unspecified atom stereocenters. The van der Waals surface area contributed by atoms with E-state index in [1.54, 1.807) is 0 Å². The molecule has 1 rings (SSSR count). The summed E-state index contributed by atoms with van der Waals surface area (Å²) in [7, 11) is 0. The third kappa shape index (κ3) is 6.41. The molecule has 0 N–H and O–H groups in total. The van der Waals surface area contributed by atoms with Crippen LogP contribution in [0.1, 0.15) is 88.0 Å². The molecule has 0 spiro atoms. The van der Waals surface area contributed by atoms with Crippen molar-refractivity contribution in [2.75, 3.05) is 19.8 Å². The summed E-state index contributed by atoms with van der Waals surface area (Å²) >= 11 is 0. The van der Waals surface area contributed by atoms with Gasteiger partial charge in [0.25, 0.3) is 0 Å². The Hall–Kier alpha value is -1.18. The smallest absolute Gasteiger partial charge is 0.322 e. The zero-order chi connectivity index (χ0) is 23.2. The summed E-state index contributed by atoms with van der Waals surface area (Å²) in [5.74, 6) is -1.35. The third-order valence-corrected chi connectivity index (χ3v) is 6.60. The van der Waals surface area contributed by atoms with Crippen LogP contribution in [0.15, 0.2) is 0 Å². The molecule has 0 aliphatic carbocycles. The third-order valence-electron chi connectivity index (χ3n) is 6.60. The van der Waals surface area contributed by atoms with Crippen molar-refractivity contribution in [3.63, 3.8) is 0 Å². The first kappa shape index (κ1) is 26.9. The predicted molar refractivity (Wildman–Crippen MR) is 116 cm³/mol. The highest BCUT2D eigenvalue weighted by atomic mass is 16.7. The zero-order valence-corrected chi connectivity index (χ0v) is 20.5. The van der Waals surface area contributed by atoms with Gasteiger partial charge in [0.2, 0.25) is 0 Å². The SMILES string of the molecule is CCC(C)N(OC(C)=O)C(C)(CC)CC1(C(C)C)OCC(CC)(COC(C)=O)CO1. The fourth-order valence-electron chi connectivity index (χ4n) is 3.84. The molecule has 1 heterocycles. The quantitative estimate of drug-likeness (QED) is 0.354. The van der Waals surface area contributed by atoms with E-state index in [0.29, 0.717) is 19.6 Å². The van der Waals surface area contributed by atoms with Gasteiger partial charge in [0, 0.05) is 32.2 Å². The zero-order valence-electron chi connectivity index (χ0n) is 20.5. The molecule has 1 saturated heterocycles. The van der Waals surface area contributed by atoms with Crippen molar-refractivity contribution < 1.29 is 28.6 Å². The van der Waals surface area contributed by atoms with E-state index < -0.39 is 11.3 Å². The van der Waals surface area contributed by atoms with Crippen LogP contribution in [-0.2, 0) is 28.6 Å². The fourth-order valence-corrected chi connectivity index (χ4v) is 3.84. The second-order valence-electron chi connectivity index (χ2n) is 9.37. The van der Waals surface area contributed by atoms with Crippen molar-refractivity contribution in [3.05, 3.63) is 0 Å². The summed E-state index contributed by atoms with van der Waals surface area (Å²) in [6.07, 6.45) is 2.95. The molecule has 176 valence electrons. The number of carbonyl (C=O) groups is 2. The van der Waals surface area contributed by atoms with E-state index in [1.807, 2.05) is 5.06 Å². The molecule has 1 aliphatic heterocycles. The lowest BCUT2D eigenvalue weighted by Gasteiger charge is -2.52. The Kier molecular flexibility index (Phi) is 9.77. The van der Waals surface area contributed by atoms with Gasteiger partial charge in [-0.3, -0.25) is 9.59 Å². The van der Waals surface area contributed by atoms with Crippen molar-refractivity contribution in [1.29, 1.82) is 0 Å². The van der Waals surface area contributed by atoms with Gasteiger partial charge >= 0.3 is 11.9 Å². The Morgan fingerprint density at radius 2 is 1.63 bits per heavy atom. The van der Waals surface area contributed by atoms with Gasteiger partial charge in [-0.1, -0.05) is 34.6 Å². The van der Waals surface area contributed by atoms with Gasteiger partial charge in [0.05, 0.1) is 24.2 Å². The lowest BCUT2D eigenvalue weighted by atomic mass is 9.80. The maximum atomic E-state index is 11.8. The van der Waals surface area contributed by atoms with Crippen molar-refractivity contribution in [2.24, 2.45) is 11.3 Å². The number of hydrogen-bond donors (Lipinski definition) is 0. The number of ether oxygens (including phenoxy) is 3. The standard InChI is InChI=1S/C23H43NO6/c1-10-18(6)24(30-20(8)26)21(9,11-2)13-23(17(4)5)28-15-22(12-3,16-29-23)14-27-19(7)25/h17-18H,10-16H2,1-9H3. The van der Waals surface area contributed by atoms with Crippen molar-refractivity contribution >= 4 is 11.9 Å². The van der Waals surface area contributed by atoms with Crippen molar-refractivity contribution in [3.8, 4) is 0 Å². The number of carbonyl (C=O) groups excluding carboxylic acids is 2. The van der Waals surface area contributed by atoms with Gasteiger partial charge in [0.15, 0.2) is 5.79 Å². The molecule has 0 aromatic rings. The van der Waals surface area contributed by atoms with Gasteiger partial charge < -0.3 is 19.0 Å². The number of hydroxylamine groups is 2. The highest BCUT2D eigenvalue weighted by molar-refractivity contribution is 5.66. The summed E-state index contributed by atoms with van der Waals surface area (Å²) in [6, 6.07) is 0.0605. The van der Waals surface area contributed by atoms with E-state index >= 15 is 0 Å². The molecule has 30 heavy (non-hydrogen) atoms. The van der Waals surface area contributed by atoms with Crippen LogP contribution in [0.4, 0.5) is 0 Å². The van der Waals surface area contributed by atoms with Crippen molar-refractivity contribution in [2.45, 2.75) is 105 Å².